The van der Waals surface area contributed by atoms with Crippen LogP contribution in [0.1, 0.15) is 25.3 Å². The van der Waals surface area contributed by atoms with Gasteiger partial charge in [0, 0.05) is 13.1 Å². The van der Waals surface area contributed by atoms with Crippen molar-refractivity contribution in [1.82, 2.24) is 14.0 Å². The first kappa shape index (κ1) is 18.7. The van der Waals surface area contributed by atoms with E-state index in [4.69, 9.17) is 0 Å². The summed E-state index contributed by atoms with van der Waals surface area (Å²) in [7, 11) is 0. The van der Waals surface area contributed by atoms with Gasteiger partial charge in [-0.15, -0.1) is 11.3 Å². The standard InChI is InChI=1S/C21H23N3O3S/c1-14-3-5-16(6-4-14)24-20(26)19-17(9-12-28-19)23(21(24)27)13-18(25)22-10-7-15(2)8-11-22/h3-6,9,12,15H,7-8,10-11,13H2,1-2H3. The molecule has 4 rings (SSSR count). The van der Waals surface area contributed by atoms with Crippen molar-refractivity contribution in [2.75, 3.05) is 13.1 Å². The molecule has 146 valence electrons. The largest absolute Gasteiger partial charge is 0.341 e. The number of benzene rings is 1. The van der Waals surface area contributed by atoms with Gasteiger partial charge in [-0.3, -0.25) is 14.2 Å². The Bertz CT molecular complexity index is 1130. The number of thiophene rings is 1. The molecule has 2 aromatic heterocycles. The Balaban J connectivity index is 1.79. The number of fused-ring (bicyclic) bond motifs is 1. The zero-order valence-corrected chi connectivity index (χ0v) is 16.9. The van der Waals surface area contributed by atoms with Crippen LogP contribution in [0, 0.1) is 12.8 Å². The normalized spacial score (nSPS) is 15.3. The van der Waals surface area contributed by atoms with Crippen molar-refractivity contribution in [1.29, 1.82) is 0 Å². The number of aromatic nitrogens is 2. The number of piperidine rings is 1. The number of hydrogen-bond acceptors (Lipinski definition) is 4. The molecule has 1 aliphatic heterocycles. The van der Waals surface area contributed by atoms with Gasteiger partial charge in [0.1, 0.15) is 11.2 Å². The zero-order valence-electron chi connectivity index (χ0n) is 16.1. The van der Waals surface area contributed by atoms with Gasteiger partial charge in [0.05, 0.1) is 11.2 Å². The second-order valence-electron chi connectivity index (χ2n) is 7.54. The zero-order chi connectivity index (χ0) is 19.8. The fourth-order valence-electron chi connectivity index (χ4n) is 3.65. The molecular weight excluding hydrogens is 374 g/mol. The van der Waals surface area contributed by atoms with Crippen molar-refractivity contribution >= 4 is 27.5 Å². The highest BCUT2D eigenvalue weighted by atomic mass is 32.1. The smallest absolute Gasteiger partial charge is 0.336 e. The molecule has 0 saturated carbocycles. The Morgan fingerprint density at radius 1 is 1.11 bits per heavy atom. The summed E-state index contributed by atoms with van der Waals surface area (Å²) < 4.78 is 3.09. The van der Waals surface area contributed by atoms with Crippen LogP contribution >= 0.6 is 11.3 Å². The van der Waals surface area contributed by atoms with Gasteiger partial charge in [-0.25, -0.2) is 9.36 Å². The van der Waals surface area contributed by atoms with Crippen LogP contribution in [-0.4, -0.2) is 33.0 Å². The summed E-state index contributed by atoms with van der Waals surface area (Å²) in [5.74, 6) is 0.550. The Labute approximate surface area is 166 Å². The average molecular weight is 398 g/mol. The molecule has 1 saturated heterocycles. The molecular formula is C21H23N3O3S. The van der Waals surface area contributed by atoms with Crippen molar-refractivity contribution in [3.05, 3.63) is 62.1 Å². The second-order valence-corrected chi connectivity index (χ2v) is 8.46. The molecule has 7 heteroatoms. The molecule has 0 spiro atoms. The summed E-state index contributed by atoms with van der Waals surface area (Å²) in [6.45, 7) is 5.54. The van der Waals surface area contributed by atoms with Crippen LogP contribution in [0.5, 0.6) is 0 Å². The first-order valence-corrected chi connectivity index (χ1v) is 10.4. The third kappa shape index (κ3) is 3.30. The number of hydrogen-bond donors (Lipinski definition) is 0. The lowest BCUT2D eigenvalue weighted by atomic mass is 9.99. The number of carbonyl (C=O) groups excluding carboxylic acids is 1. The van der Waals surface area contributed by atoms with Gasteiger partial charge in [0.2, 0.25) is 5.91 Å². The van der Waals surface area contributed by atoms with Gasteiger partial charge in [0.25, 0.3) is 5.56 Å². The molecule has 1 fully saturated rings. The summed E-state index contributed by atoms with van der Waals surface area (Å²) in [5.41, 5.74) is 1.28. The van der Waals surface area contributed by atoms with Crippen LogP contribution in [0.2, 0.25) is 0 Å². The van der Waals surface area contributed by atoms with Gasteiger partial charge in [0.15, 0.2) is 0 Å². The number of likely N-dealkylation sites (tertiary alicyclic amines) is 1. The third-order valence-corrected chi connectivity index (χ3v) is 6.37. The molecule has 28 heavy (non-hydrogen) atoms. The lowest BCUT2D eigenvalue weighted by Crippen LogP contribution is -2.44. The minimum atomic E-state index is -0.474. The Kier molecular flexibility index (Phi) is 4.93. The Morgan fingerprint density at radius 3 is 2.46 bits per heavy atom. The number of aryl methyl sites for hydroxylation is 1. The van der Waals surface area contributed by atoms with Gasteiger partial charge >= 0.3 is 5.69 Å². The van der Waals surface area contributed by atoms with Gasteiger partial charge in [-0.2, -0.15) is 0 Å². The molecule has 6 nitrogen and oxygen atoms in total. The minimum Gasteiger partial charge on any atom is -0.341 e. The van der Waals surface area contributed by atoms with E-state index in [1.54, 1.807) is 23.6 Å². The summed E-state index contributed by atoms with van der Waals surface area (Å²) in [6.07, 6.45) is 1.97. The molecule has 0 unspecified atom stereocenters. The highest BCUT2D eigenvalue weighted by molar-refractivity contribution is 7.17. The van der Waals surface area contributed by atoms with Crippen LogP contribution in [0.3, 0.4) is 0 Å². The van der Waals surface area contributed by atoms with Gasteiger partial charge < -0.3 is 4.90 Å². The van der Waals surface area contributed by atoms with E-state index in [0.717, 1.165) is 31.5 Å². The molecule has 1 amide bonds. The van der Waals surface area contributed by atoms with Crippen LogP contribution in [0.15, 0.2) is 45.3 Å². The van der Waals surface area contributed by atoms with E-state index in [-0.39, 0.29) is 18.0 Å². The first-order chi connectivity index (χ1) is 13.5. The van der Waals surface area contributed by atoms with Gasteiger partial charge in [-0.1, -0.05) is 24.6 Å². The minimum absolute atomic E-state index is 0.0490. The molecule has 0 bridgehead atoms. The van der Waals surface area contributed by atoms with E-state index < -0.39 is 5.69 Å². The molecule has 0 aliphatic carbocycles. The molecule has 1 aliphatic rings. The van der Waals surface area contributed by atoms with Crippen molar-refractivity contribution < 1.29 is 4.79 Å². The number of nitrogens with zero attached hydrogens (tertiary/aromatic N) is 3. The third-order valence-electron chi connectivity index (χ3n) is 5.48. The highest BCUT2D eigenvalue weighted by Gasteiger charge is 2.23. The fourth-order valence-corrected chi connectivity index (χ4v) is 4.48. The van der Waals surface area contributed by atoms with Crippen LogP contribution in [0.4, 0.5) is 0 Å². The summed E-state index contributed by atoms with van der Waals surface area (Å²) in [5, 5.41) is 1.79. The van der Waals surface area contributed by atoms with E-state index in [1.165, 1.54) is 20.5 Å². The Morgan fingerprint density at radius 2 is 1.79 bits per heavy atom. The van der Waals surface area contributed by atoms with E-state index in [1.807, 2.05) is 24.0 Å². The SMILES string of the molecule is Cc1ccc(-n2c(=O)c3sccc3n(CC(=O)N3CCC(C)CC3)c2=O)cc1. The van der Waals surface area contributed by atoms with Crippen molar-refractivity contribution in [3.8, 4) is 5.69 Å². The van der Waals surface area contributed by atoms with E-state index >= 15 is 0 Å². The number of carbonyl (C=O) groups is 1. The van der Waals surface area contributed by atoms with Crippen LogP contribution < -0.4 is 11.2 Å². The molecule has 0 atom stereocenters. The molecule has 1 aromatic carbocycles. The maximum absolute atomic E-state index is 13.2. The molecule has 3 heterocycles. The quantitative estimate of drug-likeness (QED) is 0.683. The maximum atomic E-state index is 13.2. The number of amides is 1. The monoisotopic (exact) mass is 397 g/mol. The van der Waals surface area contributed by atoms with E-state index in [9.17, 15) is 14.4 Å². The molecule has 3 aromatic rings. The highest BCUT2D eigenvalue weighted by Crippen LogP contribution is 2.19. The van der Waals surface area contributed by atoms with Crippen LogP contribution in [0.25, 0.3) is 15.9 Å². The lowest BCUT2D eigenvalue weighted by molar-refractivity contribution is -0.133. The summed E-state index contributed by atoms with van der Waals surface area (Å²) >= 11 is 1.29. The predicted octanol–water partition coefficient (Wildman–Crippen LogP) is 2.78. The number of rotatable bonds is 3. The Hall–Kier alpha value is -2.67. The maximum Gasteiger partial charge on any atom is 0.336 e. The van der Waals surface area contributed by atoms with Crippen molar-refractivity contribution in [2.24, 2.45) is 5.92 Å². The van der Waals surface area contributed by atoms with Crippen molar-refractivity contribution in [3.63, 3.8) is 0 Å². The summed E-state index contributed by atoms with van der Waals surface area (Å²) in [6, 6.07) is 8.99. The van der Waals surface area contributed by atoms with Gasteiger partial charge in [-0.05, 0) is 49.3 Å². The van der Waals surface area contributed by atoms with Crippen LogP contribution in [-0.2, 0) is 11.3 Å². The molecule has 0 radical (unpaired) electrons. The second kappa shape index (κ2) is 7.39. The predicted molar refractivity (Wildman–Crippen MR) is 111 cm³/mol. The summed E-state index contributed by atoms with van der Waals surface area (Å²) in [4.78, 5) is 40.8. The fraction of sp³-hybridized carbons (Fsp3) is 0.381. The topological polar surface area (TPSA) is 64.3 Å². The first-order valence-electron chi connectivity index (χ1n) is 9.53. The molecule has 0 N–H and O–H groups in total. The lowest BCUT2D eigenvalue weighted by Gasteiger charge is -2.30. The van der Waals surface area contributed by atoms with Crippen molar-refractivity contribution in [2.45, 2.75) is 33.2 Å². The van der Waals surface area contributed by atoms with E-state index in [0.29, 0.717) is 21.8 Å². The van der Waals surface area contributed by atoms with E-state index in [2.05, 4.69) is 6.92 Å². The average Bonchev–Trinajstić information content (AvgIpc) is 3.17.